The second kappa shape index (κ2) is 9.63. The van der Waals surface area contributed by atoms with Gasteiger partial charge in [0.1, 0.15) is 0 Å². The Labute approximate surface area is 140 Å². The minimum absolute atomic E-state index is 1.13. The van der Waals surface area contributed by atoms with Gasteiger partial charge in [-0.3, -0.25) is 0 Å². The van der Waals surface area contributed by atoms with Gasteiger partial charge in [-0.1, -0.05) is 97.4 Å². The summed E-state index contributed by atoms with van der Waals surface area (Å²) in [6, 6.07) is 29.7. The maximum Gasteiger partial charge on any atom is -0.0236 e. The fraction of sp³-hybridized carbons (Fsp3) is 0.217. The molecule has 0 saturated heterocycles. The minimum atomic E-state index is 1.13. The highest BCUT2D eigenvalue weighted by Gasteiger charge is 1.99. The Morgan fingerprint density at radius 1 is 0.565 bits per heavy atom. The maximum absolute atomic E-state index is 2.25. The van der Waals surface area contributed by atoms with Crippen molar-refractivity contribution in [1.82, 2.24) is 0 Å². The zero-order valence-corrected chi connectivity index (χ0v) is 14.2. The van der Waals surface area contributed by atoms with E-state index in [9.17, 15) is 0 Å². The van der Waals surface area contributed by atoms with E-state index >= 15 is 0 Å². The molecule has 23 heavy (non-hydrogen) atoms. The van der Waals surface area contributed by atoms with Gasteiger partial charge in [0.15, 0.2) is 0 Å². The Bertz CT molecular complexity index is 669. The van der Waals surface area contributed by atoms with Crippen molar-refractivity contribution in [3.05, 3.63) is 107 Å². The van der Waals surface area contributed by atoms with E-state index in [1.807, 2.05) is 18.2 Å². The molecule has 0 atom stereocenters. The van der Waals surface area contributed by atoms with E-state index in [0.717, 1.165) is 19.3 Å². The summed E-state index contributed by atoms with van der Waals surface area (Å²) >= 11 is 0. The monoisotopic (exact) mass is 302 g/mol. The molecule has 0 aliphatic carbocycles. The molecule has 0 fully saturated rings. The lowest BCUT2D eigenvalue weighted by atomic mass is 9.98. The Hall–Kier alpha value is -2.34. The highest BCUT2D eigenvalue weighted by atomic mass is 14.0. The molecule has 0 bridgehead atoms. The molecule has 0 heterocycles. The van der Waals surface area contributed by atoms with Crippen LogP contribution in [0.4, 0.5) is 0 Å². The largest absolute Gasteiger partial charge is 0.0622 e. The van der Waals surface area contributed by atoms with E-state index in [1.54, 1.807) is 0 Å². The molecule has 0 aromatic heterocycles. The average Bonchev–Trinajstić information content (AvgIpc) is 2.62. The van der Waals surface area contributed by atoms with Gasteiger partial charge in [0.2, 0.25) is 0 Å². The summed E-state index contributed by atoms with van der Waals surface area (Å²) in [4.78, 5) is 0. The summed E-state index contributed by atoms with van der Waals surface area (Å²) in [5, 5.41) is 0. The Balaban J connectivity index is 0.000000229. The van der Waals surface area contributed by atoms with Crippen LogP contribution >= 0.6 is 0 Å². The van der Waals surface area contributed by atoms with E-state index < -0.39 is 0 Å². The van der Waals surface area contributed by atoms with E-state index in [2.05, 4.69) is 80.6 Å². The zero-order valence-electron chi connectivity index (χ0n) is 14.2. The van der Waals surface area contributed by atoms with Crippen LogP contribution in [0, 0.1) is 6.92 Å². The Kier molecular flexibility index (Phi) is 7.13. The molecule has 0 aliphatic heterocycles. The van der Waals surface area contributed by atoms with Crippen LogP contribution in [0.25, 0.3) is 0 Å². The van der Waals surface area contributed by atoms with Gasteiger partial charge < -0.3 is 0 Å². The zero-order chi connectivity index (χ0) is 16.3. The van der Waals surface area contributed by atoms with Crippen LogP contribution < -0.4 is 0 Å². The van der Waals surface area contributed by atoms with E-state index in [4.69, 9.17) is 0 Å². The van der Waals surface area contributed by atoms with Gasteiger partial charge in [-0.15, -0.1) is 0 Å². The van der Waals surface area contributed by atoms with Crippen molar-refractivity contribution in [1.29, 1.82) is 0 Å². The van der Waals surface area contributed by atoms with Crippen LogP contribution in [-0.2, 0) is 19.3 Å². The van der Waals surface area contributed by atoms with Crippen LogP contribution in [0.1, 0.15) is 29.2 Å². The molecule has 3 aromatic carbocycles. The van der Waals surface area contributed by atoms with Gasteiger partial charge in [0, 0.05) is 0 Å². The molecule has 0 spiro atoms. The Morgan fingerprint density at radius 2 is 1.09 bits per heavy atom. The first-order valence-corrected chi connectivity index (χ1v) is 8.42. The van der Waals surface area contributed by atoms with Crippen molar-refractivity contribution < 1.29 is 0 Å². The van der Waals surface area contributed by atoms with Crippen LogP contribution in [-0.4, -0.2) is 0 Å². The maximum atomic E-state index is 2.25. The molecule has 0 N–H and O–H groups in total. The van der Waals surface area contributed by atoms with Gasteiger partial charge in [-0.25, -0.2) is 0 Å². The van der Waals surface area contributed by atoms with Gasteiger partial charge in [0.05, 0.1) is 0 Å². The molecule has 0 amide bonds. The highest BCUT2D eigenvalue weighted by Crippen LogP contribution is 2.13. The molecule has 0 nitrogen and oxygen atoms in total. The lowest BCUT2D eigenvalue weighted by Gasteiger charge is -2.07. The second-order valence-electron chi connectivity index (χ2n) is 5.76. The first kappa shape index (κ1) is 17.0. The third-order valence-electron chi connectivity index (χ3n) is 3.97. The lowest BCUT2D eigenvalue weighted by Crippen LogP contribution is -1.95. The Morgan fingerprint density at radius 3 is 1.61 bits per heavy atom. The van der Waals surface area contributed by atoms with Crippen molar-refractivity contribution in [2.45, 2.75) is 33.1 Å². The van der Waals surface area contributed by atoms with Crippen LogP contribution in [0.2, 0.25) is 0 Å². The summed E-state index contributed by atoms with van der Waals surface area (Å²) in [6.45, 7) is 4.31. The van der Waals surface area contributed by atoms with Gasteiger partial charge in [-0.05, 0) is 42.9 Å². The third-order valence-corrected chi connectivity index (χ3v) is 3.97. The molecule has 3 rings (SSSR count). The van der Waals surface area contributed by atoms with Crippen molar-refractivity contribution in [2.75, 3.05) is 0 Å². The fourth-order valence-electron chi connectivity index (χ4n) is 2.60. The van der Waals surface area contributed by atoms with Crippen LogP contribution in [0.15, 0.2) is 84.9 Å². The standard InChI is InChI=1S/C16H18.C7H8/c1-2-15-10-6-7-11-16(15)13-12-14-8-4-3-5-9-14;1-7-5-3-2-4-6-7/h3-11H,2,12-13H2,1H3;2-6H,1H3. The van der Waals surface area contributed by atoms with Crippen molar-refractivity contribution in [2.24, 2.45) is 0 Å². The van der Waals surface area contributed by atoms with Crippen molar-refractivity contribution in [3.8, 4) is 0 Å². The van der Waals surface area contributed by atoms with Crippen LogP contribution in [0.5, 0.6) is 0 Å². The highest BCUT2D eigenvalue weighted by molar-refractivity contribution is 5.28. The lowest BCUT2D eigenvalue weighted by molar-refractivity contribution is 0.931. The number of benzene rings is 3. The van der Waals surface area contributed by atoms with Crippen molar-refractivity contribution >= 4 is 0 Å². The molecular weight excluding hydrogens is 276 g/mol. The fourth-order valence-corrected chi connectivity index (χ4v) is 2.60. The number of hydrogen-bond donors (Lipinski definition) is 0. The summed E-state index contributed by atoms with van der Waals surface area (Å²) in [5.41, 5.74) is 5.73. The van der Waals surface area contributed by atoms with E-state index in [1.165, 1.54) is 22.3 Å². The average molecular weight is 302 g/mol. The molecule has 0 unspecified atom stereocenters. The van der Waals surface area contributed by atoms with Gasteiger partial charge in [0.25, 0.3) is 0 Å². The first-order valence-electron chi connectivity index (χ1n) is 8.42. The number of aryl methyl sites for hydroxylation is 4. The molecular formula is C23H26. The second-order valence-corrected chi connectivity index (χ2v) is 5.76. The van der Waals surface area contributed by atoms with E-state index in [0.29, 0.717) is 0 Å². The molecule has 3 aromatic rings. The molecule has 0 saturated carbocycles. The molecule has 0 heteroatoms. The van der Waals surface area contributed by atoms with E-state index in [-0.39, 0.29) is 0 Å². The summed E-state index contributed by atoms with van der Waals surface area (Å²) in [5.74, 6) is 0. The topological polar surface area (TPSA) is 0 Å². The summed E-state index contributed by atoms with van der Waals surface area (Å²) in [7, 11) is 0. The van der Waals surface area contributed by atoms with Gasteiger partial charge in [-0.2, -0.15) is 0 Å². The normalized spacial score (nSPS) is 9.83. The SMILES string of the molecule is CCc1ccccc1CCc1ccccc1.Cc1ccccc1. The number of hydrogen-bond acceptors (Lipinski definition) is 0. The van der Waals surface area contributed by atoms with Gasteiger partial charge >= 0.3 is 0 Å². The third kappa shape index (κ3) is 6.12. The summed E-state index contributed by atoms with van der Waals surface area (Å²) < 4.78 is 0. The smallest absolute Gasteiger partial charge is 0.0236 e. The predicted molar refractivity (Wildman–Crippen MR) is 101 cm³/mol. The molecule has 0 radical (unpaired) electrons. The molecule has 118 valence electrons. The quantitative estimate of drug-likeness (QED) is 0.552. The number of rotatable bonds is 4. The van der Waals surface area contributed by atoms with Crippen molar-refractivity contribution in [3.63, 3.8) is 0 Å². The predicted octanol–water partition coefficient (Wildman–Crippen LogP) is 6.03. The first-order chi connectivity index (χ1) is 11.3. The van der Waals surface area contributed by atoms with Crippen LogP contribution in [0.3, 0.4) is 0 Å². The molecule has 0 aliphatic rings. The minimum Gasteiger partial charge on any atom is -0.0622 e. The summed E-state index contributed by atoms with van der Waals surface area (Å²) in [6.07, 6.45) is 3.41.